The first-order chi connectivity index (χ1) is 10.1. The number of hydrogen-bond acceptors (Lipinski definition) is 3. The van der Waals surface area contributed by atoms with E-state index in [1.165, 1.54) is 0 Å². The Morgan fingerprint density at radius 2 is 2.05 bits per heavy atom. The van der Waals surface area contributed by atoms with Crippen molar-refractivity contribution >= 4 is 41.7 Å². The van der Waals surface area contributed by atoms with Gasteiger partial charge in [-0.15, -0.1) is 24.2 Å². The topological polar surface area (TPSA) is 41.1 Å². The maximum absolute atomic E-state index is 11.9. The average Bonchev–Trinajstić information content (AvgIpc) is 2.48. The van der Waals surface area contributed by atoms with E-state index in [0.29, 0.717) is 6.42 Å². The van der Waals surface area contributed by atoms with Crippen molar-refractivity contribution in [2.45, 2.75) is 31.1 Å². The Bertz CT molecular complexity index is 479. The van der Waals surface area contributed by atoms with E-state index in [-0.39, 0.29) is 23.7 Å². The molecule has 2 rings (SSSR count). The van der Waals surface area contributed by atoms with Crippen molar-refractivity contribution in [3.05, 3.63) is 29.3 Å². The Balaban J connectivity index is 0.00000242. The number of hydrogen-bond donors (Lipinski definition) is 2. The first-order valence-corrected chi connectivity index (χ1v) is 8.80. The molecule has 124 valence electrons. The van der Waals surface area contributed by atoms with Crippen LogP contribution in [-0.4, -0.2) is 31.3 Å². The lowest BCUT2D eigenvalue weighted by Gasteiger charge is -2.34. The number of halogens is 2. The zero-order valence-corrected chi connectivity index (χ0v) is 15.3. The molecule has 1 fully saturated rings. The molecular weight excluding hydrogens is 339 g/mol. The summed E-state index contributed by atoms with van der Waals surface area (Å²) in [6, 6.07) is 7.74. The van der Waals surface area contributed by atoms with Crippen molar-refractivity contribution in [2.75, 3.05) is 25.4 Å². The second-order valence-electron chi connectivity index (χ2n) is 5.87. The number of piperidine rings is 1. The third kappa shape index (κ3) is 6.37. The predicted octanol–water partition coefficient (Wildman–Crippen LogP) is 3.75. The van der Waals surface area contributed by atoms with Crippen molar-refractivity contribution in [2.24, 2.45) is 5.41 Å². The maximum atomic E-state index is 11.9. The van der Waals surface area contributed by atoms with E-state index in [9.17, 15) is 4.79 Å². The second-order valence-corrected chi connectivity index (χ2v) is 7.41. The fourth-order valence-corrected chi connectivity index (χ4v) is 3.61. The molecule has 1 aliphatic rings. The van der Waals surface area contributed by atoms with Crippen LogP contribution in [0.2, 0.25) is 5.02 Å². The molecule has 1 heterocycles. The monoisotopic (exact) mass is 362 g/mol. The Hall–Kier alpha value is -0.420. The third-order valence-electron chi connectivity index (χ3n) is 3.95. The molecule has 3 nitrogen and oxygen atoms in total. The standard InChI is InChI=1S/C16H23ClN2OS.ClH/c1-16(7-9-18-10-8-16)12-19-15(20)6-11-21-14-5-3-2-4-13(14)17;/h2-5,18H,6-12H2,1H3,(H,19,20);1H. The van der Waals surface area contributed by atoms with Crippen molar-refractivity contribution in [1.82, 2.24) is 10.6 Å². The van der Waals surface area contributed by atoms with Crippen LogP contribution in [0.15, 0.2) is 29.2 Å². The SMILES string of the molecule is CC1(CNC(=O)CCSc2ccccc2Cl)CCNCC1.Cl. The van der Waals surface area contributed by atoms with E-state index >= 15 is 0 Å². The van der Waals surface area contributed by atoms with Crippen LogP contribution in [0.4, 0.5) is 0 Å². The second kappa shape index (κ2) is 9.66. The molecule has 0 radical (unpaired) electrons. The number of nitrogens with one attached hydrogen (secondary N) is 2. The smallest absolute Gasteiger partial charge is 0.220 e. The van der Waals surface area contributed by atoms with Crippen LogP contribution in [0.1, 0.15) is 26.2 Å². The van der Waals surface area contributed by atoms with Crippen LogP contribution in [0.3, 0.4) is 0 Å². The van der Waals surface area contributed by atoms with Gasteiger partial charge in [-0.3, -0.25) is 4.79 Å². The lowest BCUT2D eigenvalue weighted by atomic mass is 9.81. The van der Waals surface area contributed by atoms with Gasteiger partial charge in [0, 0.05) is 23.6 Å². The molecule has 1 aromatic rings. The molecule has 0 bridgehead atoms. The molecule has 0 aliphatic carbocycles. The van der Waals surface area contributed by atoms with Gasteiger partial charge in [0.15, 0.2) is 0 Å². The lowest BCUT2D eigenvalue weighted by molar-refractivity contribution is -0.121. The van der Waals surface area contributed by atoms with Gasteiger partial charge in [0.2, 0.25) is 5.91 Å². The fourth-order valence-electron chi connectivity index (χ4n) is 2.42. The highest BCUT2D eigenvalue weighted by molar-refractivity contribution is 7.99. The Labute approximate surface area is 148 Å². The minimum atomic E-state index is 0. The van der Waals surface area contributed by atoms with Crippen LogP contribution in [0.25, 0.3) is 0 Å². The summed E-state index contributed by atoms with van der Waals surface area (Å²) in [5.41, 5.74) is 0.247. The van der Waals surface area contributed by atoms with Crippen LogP contribution in [-0.2, 0) is 4.79 Å². The molecule has 0 atom stereocenters. The van der Waals surface area contributed by atoms with Crippen LogP contribution < -0.4 is 10.6 Å². The Kier molecular flexibility index (Phi) is 8.62. The van der Waals surface area contributed by atoms with Crippen LogP contribution in [0, 0.1) is 5.41 Å². The summed E-state index contributed by atoms with van der Waals surface area (Å²) >= 11 is 7.73. The van der Waals surface area contributed by atoms with Crippen LogP contribution in [0.5, 0.6) is 0 Å². The first kappa shape index (κ1) is 19.6. The molecule has 2 N–H and O–H groups in total. The summed E-state index contributed by atoms with van der Waals surface area (Å²) in [6.45, 7) is 5.14. The van der Waals surface area contributed by atoms with Gasteiger partial charge in [-0.25, -0.2) is 0 Å². The van der Waals surface area contributed by atoms with E-state index in [1.807, 2.05) is 24.3 Å². The average molecular weight is 363 g/mol. The van der Waals surface area contributed by atoms with Gasteiger partial charge in [-0.05, 0) is 43.5 Å². The molecule has 1 aliphatic heterocycles. The van der Waals surface area contributed by atoms with Gasteiger partial charge in [0.25, 0.3) is 0 Å². The summed E-state index contributed by atoms with van der Waals surface area (Å²) in [7, 11) is 0. The fraction of sp³-hybridized carbons (Fsp3) is 0.562. The molecule has 22 heavy (non-hydrogen) atoms. The number of amides is 1. The maximum Gasteiger partial charge on any atom is 0.220 e. The highest BCUT2D eigenvalue weighted by atomic mass is 35.5. The Morgan fingerprint density at radius 1 is 1.36 bits per heavy atom. The quantitative estimate of drug-likeness (QED) is 0.757. The normalized spacial score (nSPS) is 16.6. The molecule has 1 amide bonds. The number of thioether (sulfide) groups is 1. The van der Waals surface area contributed by atoms with Gasteiger partial charge >= 0.3 is 0 Å². The first-order valence-electron chi connectivity index (χ1n) is 7.44. The van der Waals surface area contributed by atoms with Gasteiger partial charge in [0.05, 0.1) is 5.02 Å². The summed E-state index contributed by atoms with van der Waals surface area (Å²) in [6.07, 6.45) is 2.79. The van der Waals surface area contributed by atoms with Gasteiger partial charge < -0.3 is 10.6 Å². The summed E-state index contributed by atoms with van der Waals surface area (Å²) in [4.78, 5) is 13.0. The van der Waals surface area contributed by atoms with Crippen molar-refractivity contribution in [3.8, 4) is 0 Å². The zero-order valence-electron chi connectivity index (χ0n) is 12.9. The van der Waals surface area contributed by atoms with Crippen molar-refractivity contribution in [1.29, 1.82) is 0 Å². The molecular formula is C16H24Cl2N2OS. The van der Waals surface area contributed by atoms with E-state index < -0.39 is 0 Å². The van der Waals surface area contributed by atoms with E-state index in [2.05, 4.69) is 17.6 Å². The predicted molar refractivity (Wildman–Crippen MR) is 97.3 cm³/mol. The van der Waals surface area contributed by atoms with Crippen molar-refractivity contribution in [3.63, 3.8) is 0 Å². The van der Waals surface area contributed by atoms with E-state index in [1.54, 1.807) is 11.8 Å². The van der Waals surface area contributed by atoms with E-state index in [4.69, 9.17) is 11.6 Å². The van der Waals surface area contributed by atoms with Gasteiger partial charge in [0.1, 0.15) is 0 Å². The molecule has 0 spiro atoms. The lowest BCUT2D eigenvalue weighted by Crippen LogP contribution is -2.42. The van der Waals surface area contributed by atoms with E-state index in [0.717, 1.165) is 48.1 Å². The zero-order chi connectivity index (χ0) is 15.1. The van der Waals surface area contributed by atoms with Crippen LogP contribution >= 0.6 is 35.8 Å². The van der Waals surface area contributed by atoms with Gasteiger partial charge in [-0.1, -0.05) is 30.7 Å². The molecule has 0 saturated carbocycles. The number of carbonyl (C=O) groups is 1. The molecule has 1 aromatic carbocycles. The minimum Gasteiger partial charge on any atom is -0.356 e. The highest BCUT2D eigenvalue weighted by Crippen LogP contribution is 2.28. The van der Waals surface area contributed by atoms with Crippen molar-refractivity contribution < 1.29 is 4.79 Å². The summed E-state index contributed by atoms with van der Waals surface area (Å²) in [5, 5.41) is 7.19. The molecule has 0 unspecified atom stereocenters. The number of rotatable bonds is 6. The minimum absolute atomic E-state index is 0. The molecule has 6 heteroatoms. The van der Waals surface area contributed by atoms with Gasteiger partial charge in [-0.2, -0.15) is 0 Å². The number of benzene rings is 1. The molecule has 1 saturated heterocycles. The third-order valence-corrected chi connectivity index (χ3v) is 5.46. The highest BCUT2D eigenvalue weighted by Gasteiger charge is 2.26. The molecule has 0 aromatic heterocycles. The number of carbonyl (C=O) groups excluding carboxylic acids is 1. The summed E-state index contributed by atoms with van der Waals surface area (Å²) < 4.78 is 0. The summed E-state index contributed by atoms with van der Waals surface area (Å²) in [5.74, 6) is 0.891. The largest absolute Gasteiger partial charge is 0.356 e. The Morgan fingerprint density at radius 3 is 2.73 bits per heavy atom.